The van der Waals surface area contributed by atoms with Crippen molar-refractivity contribution in [1.29, 1.82) is 0 Å². The van der Waals surface area contributed by atoms with Crippen molar-refractivity contribution in [2.45, 2.75) is 27.2 Å². The van der Waals surface area contributed by atoms with Crippen LogP contribution >= 0.6 is 0 Å². The number of benzene rings is 2. The van der Waals surface area contributed by atoms with Gasteiger partial charge < -0.3 is 20.1 Å². The number of hydrogen-bond acceptors (Lipinski definition) is 4. The molecule has 2 unspecified atom stereocenters. The first-order valence-corrected chi connectivity index (χ1v) is 9.64. The Morgan fingerprint density at radius 1 is 0.964 bits per heavy atom. The van der Waals surface area contributed by atoms with E-state index < -0.39 is 0 Å². The van der Waals surface area contributed by atoms with Gasteiger partial charge in [-0.05, 0) is 38.3 Å². The molecule has 2 amide bonds. The molecule has 1 aliphatic rings. The van der Waals surface area contributed by atoms with Gasteiger partial charge in [-0.1, -0.05) is 25.1 Å². The summed E-state index contributed by atoms with van der Waals surface area (Å²) >= 11 is 0. The molecule has 1 fully saturated rings. The fraction of sp³-hybridized carbons (Fsp3) is 0.364. The average Bonchev–Trinajstić information content (AvgIpc) is 3.43. The molecule has 2 atom stereocenters. The third-order valence-corrected chi connectivity index (χ3v) is 4.67. The number of rotatable bonds is 8. The van der Waals surface area contributed by atoms with E-state index >= 15 is 0 Å². The topological polar surface area (TPSA) is 76.7 Å². The largest absolute Gasteiger partial charge is 0.492 e. The molecule has 2 aromatic carbocycles. The van der Waals surface area contributed by atoms with Crippen LogP contribution in [0.4, 0.5) is 11.4 Å². The van der Waals surface area contributed by atoms with E-state index in [9.17, 15) is 9.59 Å². The van der Waals surface area contributed by atoms with Gasteiger partial charge in [-0.2, -0.15) is 0 Å². The second-order valence-corrected chi connectivity index (χ2v) is 6.84. The van der Waals surface area contributed by atoms with Gasteiger partial charge in [0.15, 0.2) is 0 Å². The number of amides is 2. The molecule has 0 aliphatic heterocycles. The van der Waals surface area contributed by atoms with E-state index in [-0.39, 0.29) is 17.7 Å². The number of carbonyl (C=O) groups is 2. The maximum absolute atomic E-state index is 12.6. The van der Waals surface area contributed by atoms with Crippen molar-refractivity contribution in [1.82, 2.24) is 0 Å². The number of carbonyl (C=O) groups excluding carboxylic acids is 2. The van der Waals surface area contributed by atoms with Crippen molar-refractivity contribution in [3.05, 3.63) is 48.0 Å². The molecular formula is C22H26N2O4. The molecule has 0 radical (unpaired) electrons. The zero-order chi connectivity index (χ0) is 20.1. The summed E-state index contributed by atoms with van der Waals surface area (Å²) in [4.78, 5) is 24.9. The number of ether oxygens (including phenoxy) is 2. The van der Waals surface area contributed by atoms with E-state index in [1.165, 1.54) is 0 Å². The molecule has 0 bridgehead atoms. The molecular weight excluding hydrogens is 356 g/mol. The Kier molecular flexibility index (Phi) is 6.19. The molecule has 6 nitrogen and oxygen atoms in total. The quantitative estimate of drug-likeness (QED) is 0.712. The predicted molar refractivity (Wildman–Crippen MR) is 109 cm³/mol. The van der Waals surface area contributed by atoms with E-state index in [1.54, 1.807) is 24.3 Å². The summed E-state index contributed by atoms with van der Waals surface area (Å²) in [6, 6.07) is 12.4. The van der Waals surface area contributed by atoms with Crippen molar-refractivity contribution in [3.8, 4) is 11.5 Å². The normalized spacial score (nSPS) is 17.5. The van der Waals surface area contributed by atoms with E-state index in [0.717, 1.165) is 6.42 Å². The summed E-state index contributed by atoms with van der Waals surface area (Å²) in [6.45, 7) is 6.65. The van der Waals surface area contributed by atoms with Crippen LogP contribution in [0.1, 0.15) is 37.6 Å². The highest BCUT2D eigenvalue weighted by atomic mass is 16.5. The molecule has 6 heteroatoms. The van der Waals surface area contributed by atoms with Crippen LogP contribution in [-0.2, 0) is 4.79 Å². The van der Waals surface area contributed by atoms with Gasteiger partial charge in [-0.3, -0.25) is 9.59 Å². The minimum absolute atomic E-state index is 0.0167. The molecule has 3 rings (SSSR count). The lowest BCUT2D eigenvalue weighted by atomic mass is 10.2. The Morgan fingerprint density at radius 2 is 1.50 bits per heavy atom. The van der Waals surface area contributed by atoms with E-state index in [2.05, 4.69) is 17.6 Å². The van der Waals surface area contributed by atoms with Gasteiger partial charge in [0, 0.05) is 23.6 Å². The summed E-state index contributed by atoms with van der Waals surface area (Å²) < 4.78 is 11.4. The van der Waals surface area contributed by atoms with Gasteiger partial charge in [0.25, 0.3) is 5.91 Å². The lowest BCUT2D eigenvalue weighted by Gasteiger charge is -2.18. The highest BCUT2D eigenvalue weighted by Gasteiger charge is 2.39. The first-order chi connectivity index (χ1) is 13.5. The van der Waals surface area contributed by atoms with E-state index in [4.69, 9.17) is 9.47 Å². The van der Waals surface area contributed by atoms with Crippen molar-refractivity contribution >= 4 is 23.2 Å². The van der Waals surface area contributed by atoms with Crippen molar-refractivity contribution in [2.24, 2.45) is 11.8 Å². The summed E-state index contributed by atoms with van der Waals surface area (Å²) in [5.41, 5.74) is 1.59. The molecule has 0 aromatic heterocycles. The summed E-state index contributed by atoms with van der Waals surface area (Å²) in [7, 11) is 0. The highest BCUT2D eigenvalue weighted by Crippen LogP contribution is 2.41. The molecule has 2 aromatic rings. The summed E-state index contributed by atoms with van der Waals surface area (Å²) in [5, 5.41) is 5.82. The van der Waals surface area contributed by atoms with Crippen LogP contribution in [0.2, 0.25) is 0 Å². The second-order valence-electron chi connectivity index (χ2n) is 6.84. The van der Waals surface area contributed by atoms with Crippen molar-refractivity contribution in [2.75, 3.05) is 23.8 Å². The predicted octanol–water partition coefficient (Wildman–Crippen LogP) is 4.33. The van der Waals surface area contributed by atoms with E-state index in [0.29, 0.717) is 47.6 Å². The first-order valence-electron chi connectivity index (χ1n) is 9.64. The molecule has 1 saturated carbocycles. The highest BCUT2D eigenvalue weighted by molar-refractivity contribution is 6.05. The average molecular weight is 382 g/mol. The van der Waals surface area contributed by atoms with Crippen LogP contribution in [-0.4, -0.2) is 25.0 Å². The monoisotopic (exact) mass is 382 g/mol. The lowest BCUT2D eigenvalue weighted by molar-refractivity contribution is -0.117. The molecule has 1 aliphatic carbocycles. The molecule has 28 heavy (non-hydrogen) atoms. The molecule has 148 valence electrons. The summed E-state index contributed by atoms with van der Waals surface area (Å²) in [5.74, 6) is 1.17. The first kappa shape index (κ1) is 19.7. The van der Waals surface area contributed by atoms with Crippen LogP contribution in [0.25, 0.3) is 0 Å². The van der Waals surface area contributed by atoms with Crippen LogP contribution in [0.3, 0.4) is 0 Å². The van der Waals surface area contributed by atoms with Gasteiger partial charge in [-0.15, -0.1) is 0 Å². The molecule has 0 spiro atoms. The molecule has 2 N–H and O–H groups in total. The van der Waals surface area contributed by atoms with Gasteiger partial charge in [0.1, 0.15) is 11.5 Å². The minimum Gasteiger partial charge on any atom is -0.492 e. The third kappa shape index (κ3) is 4.63. The van der Waals surface area contributed by atoms with Crippen molar-refractivity contribution < 1.29 is 19.1 Å². The molecule has 0 heterocycles. The number of nitrogens with one attached hydrogen (secondary N) is 2. The number of hydrogen-bond donors (Lipinski definition) is 2. The van der Waals surface area contributed by atoms with Gasteiger partial charge in [0.2, 0.25) is 5.91 Å². The Hall–Kier alpha value is -3.02. The van der Waals surface area contributed by atoms with Crippen molar-refractivity contribution in [3.63, 3.8) is 0 Å². The van der Waals surface area contributed by atoms with Crippen LogP contribution in [0.15, 0.2) is 42.5 Å². The van der Waals surface area contributed by atoms with Gasteiger partial charge in [0.05, 0.1) is 24.6 Å². The smallest absolute Gasteiger partial charge is 0.255 e. The standard InChI is InChI=1S/C22H26N2O4/c1-4-27-19-13-18(24-22(26)16-11-14(16)3)20(28-5-2)12-17(19)23-21(25)15-9-7-6-8-10-15/h6-10,12-14,16H,4-5,11H2,1-3H3,(H,23,25)(H,24,26). The Balaban J connectivity index is 1.89. The third-order valence-electron chi connectivity index (χ3n) is 4.67. The second kappa shape index (κ2) is 8.78. The fourth-order valence-electron chi connectivity index (χ4n) is 3.00. The van der Waals surface area contributed by atoms with Crippen LogP contribution in [0, 0.1) is 11.8 Å². The SMILES string of the molecule is CCOc1cc(NC(=O)C2CC2C)c(OCC)cc1NC(=O)c1ccccc1. The van der Waals surface area contributed by atoms with E-state index in [1.807, 2.05) is 32.0 Å². The summed E-state index contributed by atoms with van der Waals surface area (Å²) in [6.07, 6.45) is 0.902. The molecule has 0 saturated heterocycles. The van der Waals surface area contributed by atoms with Gasteiger partial charge >= 0.3 is 0 Å². The fourth-order valence-corrected chi connectivity index (χ4v) is 3.00. The Bertz CT molecular complexity index is 851. The van der Waals surface area contributed by atoms with Gasteiger partial charge in [-0.25, -0.2) is 0 Å². The Labute approximate surface area is 165 Å². The number of anilines is 2. The lowest BCUT2D eigenvalue weighted by Crippen LogP contribution is -2.17. The minimum atomic E-state index is -0.243. The maximum atomic E-state index is 12.6. The van der Waals surface area contributed by atoms with Crippen LogP contribution in [0.5, 0.6) is 11.5 Å². The zero-order valence-electron chi connectivity index (χ0n) is 16.5. The zero-order valence-corrected chi connectivity index (χ0v) is 16.5. The van der Waals surface area contributed by atoms with Crippen LogP contribution < -0.4 is 20.1 Å². The maximum Gasteiger partial charge on any atom is 0.255 e. The Morgan fingerprint density at radius 3 is 2.00 bits per heavy atom.